The van der Waals surface area contributed by atoms with Gasteiger partial charge in [-0.25, -0.2) is 19.9 Å². The molecule has 10 nitrogen and oxygen atoms in total. The number of carbonyl (C=O) groups is 1. The Labute approximate surface area is 189 Å². The van der Waals surface area contributed by atoms with Crippen molar-refractivity contribution >= 4 is 28.6 Å². The van der Waals surface area contributed by atoms with Gasteiger partial charge < -0.3 is 15.7 Å². The van der Waals surface area contributed by atoms with E-state index in [-0.39, 0.29) is 33.7 Å². The highest BCUT2D eigenvalue weighted by Crippen LogP contribution is 2.58. The standard InChI is InChI=1S/C23H25N7O3/c1-12-28-20-18(19(24)26-11-27-20)21(31)29(12)16-4-5-17(25-10-16)30-14-2-3-15(30)9-23(8-14)6-13(7-23)22(32)33/h4-5,10-11,13-15H,2-3,6-9H2,1H3,(H,32,33)(H2,24,26,27). The fourth-order valence-corrected chi connectivity index (χ4v) is 6.42. The molecule has 2 unspecified atom stereocenters. The third-order valence-corrected chi connectivity index (χ3v) is 7.79. The van der Waals surface area contributed by atoms with Gasteiger partial charge in [-0.05, 0) is 63.0 Å². The Balaban J connectivity index is 1.29. The highest BCUT2D eigenvalue weighted by Gasteiger charge is 2.55. The molecular weight excluding hydrogens is 422 g/mol. The maximum atomic E-state index is 13.1. The van der Waals surface area contributed by atoms with Crippen LogP contribution in [0.4, 0.5) is 11.6 Å². The molecule has 5 heterocycles. The van der Waals surface area contributed by atoms with E-state index in [1.54, 1.807) is 13.1 Å². The van der Waals surface area contributed by atoms with Gasteiger partial charge in [-0.1, -0.05) is 0 Å². The van der Waals surface area contributed by atoms with Gasteiger partial charge in [0.25, 0.3) is 5.56 Å². The number of carboxylic acids is 1. The average molecular weight is 447 g/mol. The molecule has 3 aromatic heterocycles. The second-order valence-electron chi connectivity index (χ2n) is 9.78. The highest BCUT2D eigenvalue weighted by molar-refractivity contribution is 5.84. The molecule has 1 aliphatic carbocycles. The molecular formula is C23H25N7O3. The molecule has 0 amide bonds. The lowest BCUT2D eigenvalue weighted by atomic mass is 9.56. The number of piperidine rings is 1. The Morgan fingerprint density at radius 3 is 2.48 bits per heavy atom. The zero-order valence-electron chi connectivity index (χ0n) is 18.3. The van der Waals surface area contributed by atoms with Crippen LogP contribution in [0.25, 0.3) is 16.7 Å². The van der Waals surface area contributed by atoms with Crippen LogP contribution in [0.1, 0.15) is 44.3 Å². The average Bonchev–Trinajstić information content (AvgIpc) is 3.02. The van der Waals surface area contributed by atoms with E-state index in [1.165, 1.54) is 10.9 Å². The smallest absolute Gasteiger partial charge is 0.306 e. The van der Waals surface area contributed by atoms with Gasteiger partial charge >= 0.3 is 5.97 Å². The van der Waals surface area contributed by atoms with Crippen LogP contribution in [-0.2, 0) is 4.79 Å². The zero-order valence-corrected chi connectivity index (χ0v) is 18.3. The van der Waals surface area contributed by atoms with Gasteiger partial charge in [0, 0.05) is 12.1 Å². The number of carboxylic acid groups (broad SMARTS) is 1. The van der Waals surface area contributed by atoms with E-state index in [2.05, 4.69) is 19.9 Å². The summed E-state index contributed by atoms with van der Waals surface area (Å²) in [6, 6.07) is 4.62. The molecule has 3 aliphatic rings. The van der Waals surface area contributed by atoms with Crippen LogP contribution >= 0.6 is 0 Å². The number of aromatic nitrogens is 5. The van der Waals surface area contributed by atoms with Crippen molar-refractivity contribution in [2.45, 2.75) is 57.5 Å². The number of hydrogen-bond acceptors (Lipinski definition) is 8. The number of nitrogen functional groups attached to an aromatic ring is 1. The predicted octanol–water partition coefficient (Wildman–Crippen LogP) is 2.07. The SMILES string of the molecule is Cc1nc2ncnc(N)c2c(=O)n1-c1ccc(N2C3CCC2CC2(CC(C(=O)O)C2)C3)nc1. The van der Waals surface area contributed by atoms with Crippen molar-refractivity contribution in [1.82, 2.24) is 24.5 Å². The topological polar surface area (TPSA) is 140 Å². The molecule has 3 aromatic rings. The zero-order chi connectivity index (χ0) is 22.9. The molecule has 0 radical (unpaired) electrons. The number of rotatable bonds is 3. The second-order valence-corrected chi connectivity index (χ2v) is 9.78. The first-order chi connectivity index (χ1) is 15.8. The summed E-state index contributed by atoms with van der Waals surface area (Å²) in [5, 5.41) is 9.49. The van der Waals surface area contributed by atoms with Gasteiger partial charge in [-0.2, -0.15) is 0 Å². The van der Waals surface area contributed by atoms with E-state index < -0.39 is 5.97 Å². The number of hydrogen-bond donors (Lipinski definition) is 2. The van der Waals surface area contributed by atoms with Crippen LogP contribution in [0.5, 0.6) is 0 Å². The van der Waals surface area contributed by atoms with Crippen molar-refractivity contribution in [3.8, 4) is 5.69 Å². The van der Waals surface area contributed by atoms with Crippen LogP contribution in [-0.4, -0.2) is 47.7 Å². The van der Waals surface area contributed by atoms with Crippen molar-refractivity contribution < 1.29 is 9.90 Å². The van der Waals surface area contributed by atoms with Crippen LogP contribution in [0.15, 0.2) is 29.5 Å². The summed E-state index contributed by atoms with van der Waals surface area (Å²) >= 11 is 0. The van der Waals surface area contributed by atoms with Crippen molar-refractivity contribution in [1.29, 1.82) is 0 Å². The van der Waals surface area contributed by atoms with E-state index in [0.717, 1.165) is 44.3 Å². The molecule has 33 heavy (non-hydrogen) atoms. The molecule has 2 saturated heterocycles. The molecule has 3 fully saturated rings. The summed E-state index contributed by atoms with van der Waals surface area (Å²) in [6.45, 7) is 1.75. The van der Waals surface area contributed by atoms with Gasteiger partial charge in [0.1, 0.15) is 29.2 Å². The minimum atomic E-state index is -0.658. The molecule has 170 valence electrons. The van der Waals surface area contributed by atoms with Crippen molar-refractivity contribution in [2.75, 3.05) is 10.6 Å². The first-order valence-corrected chi connectivity index (χ1v) is 11.3. The van der Waals surface area contributed by atoms with E-state index in [1.807, 2.05) is 12.1 Å². The Morgan fingerprint density at radius 1 is 1.12 bits per heavy atom. The quantitative estimate of drug-likeness (QED) is 0.617. The molecule has 10 heteroatoms. The van der Waals surface area contributed by atoms with Crippen molar-refractivity contribution in [2.24, 2.45) is 11.3 Å². The molecule has 1 saturated carbocycles. The highest BCUT2D eigenvalue weighted by atomic mass is 16.4. The lowest BCUT2D eigenvalue weighted by molar-refractivity contribution is -0.151. The maximum Gasteiger partial charge on any atom is 0.306 e. The maximum absolute atomic E-state index is 13.1. The lowest BCUT2D eigenvalue weighted by Gasteiger charge is -2.54. The fourth-order valence-electron chi connectivity index (χ4n) is 6.42. The van der Waals surface area contributed by atoms with E-state index in [4.69, 9.17) is 10.7 Å². The number of anilines is 2. The Morgan fingerprint density at radius 2 is 1.85 bits per heavy atom. The first kappa shape index (κ1) is 20.1. The third kappa shape index (κ3) is 3.00. The molecule has 0 aromatic carbocycles. The van der Waals surface area contributed by atoms with E-state index >= 15 is 0 Å². The summed E-state index contributed by atoms with van der Waals surface area (Å²) in [6.07, 6.45) is 8.89. The van der Waals surface area contributed by atoms with Crippen LogP contribution in [0, 0.1) is 18.3 Å². The summed E-state index contributed by atoms with van der Waals surface area (Å²) < 4.78 is 1.49. The first-order valence-electron chi connectivity index (χ1n) is 11.3. The predicted molar refractivity (Wildman–Crippen MR) is 121 cm³/mol. The van der Waals surface area contributed by atoms with Gasteiger partial charge in [-0.15, -0.1) is 0 Å². The number of nitrogens with two attached hydrogens (primary N) is 1. The number of nitrogens with zero attached hydrogens (tertiary/aromatic N) is 6. The summed E-state index contributed by atoms with van der Waals surface area (Å²) in [4.78, 5) is 44.0. The molecule has 2 aliphatic heterocycles. The van der Waals surface area contributed by atoms with Crippen LogP contribution in [0.2, 0.25) is 0 Å². The normalized spacial score (nSPS) is 28.3. The summed E-state index contributed by atoms with van der Waals surface area (Å²) in [5.41, 5.74) is 6.69. The molecule has 1 spiro atoms. The van der Waals surface area contributed by atoms with E-state index in [9.17, 15) is 14.7 Å². The molecule has 2 bridgehead atoms. The minimum absolute atomic E-state index is 0.107. The Bertz CT molecular complexity index is 1310. The Kier molecular flexibility index (Phi) is 4.24. The molecule has 6 rings (SSSR count). The summed E-state index contributed by atoms with van der Waals surface area (Å²) in [7, 11) is 0. The monoisotopic (exact) mass is 447 g/mol. The molecule has 2 atom stereocenters. The number of aliphatic carboxylic acids is 1. The van der Waals surface area contributed by atoms with Crippen LogP contribution < -0.4 is 16.2 Å². The van der Waals surface area contributed by atoms with Gasteiger partial charge in [0.2, 0.25) is 0 Å². The van der Waals surface area contributed by atoms with E-state index in [0.29, 0.717) is 23.6 Å². The number of pyridine rings is 1. The largest absolute Gasteiger partial charge is 0.481 e. The Hall–Kier alpha value is -3.56. The second kappa shape index (κ2) is 6.97. The minimum Gasteiger partial charge on any atom is -0.481 e. The van der Waals surface area contributed by atoms with Crippen molar-refractivity contribution in [3.05, 3.63) is 40.8 Å². The lowest BCUT2D eigenvalue weighted by Crippen LogP contribution is -2.54. The van der Waals surface area contributed by atoms with Gasteiger partial charge in [-0.3, -0.25) is 14.2 Å². The van der Waals surface area contributed by atoms with Gasteiger partial charge in [0.15, 0.2) is 5.65 Å². The third-order valence-electron chi connectivity index (χ3n) is 7.79. The number of aryl methyl sites for hydroxylation is 1. The van der Waals surface area contributed by atoms with Crippen LogP contribution in [0.3, 0.4) is 0 Å². The fraction of sp³-hybridized carbons (Fsp3) is 0.478. The molecule has 3 N–H and O–H groups in total. The van der Waals surface area contributed by atoms with Gasteiger partial charge in [0.05, 0.1) is 17.8 Å². The summed E-state index contributed by atoms with van der Waals surface area (Å²) in [5.74, 6) is 0.672. The number of fused-ring (bicyclic) bond motifs is 3. The van der Waals surface area contributed by atoms with Crippen molar-refractivity contribution in [3.63, 3.8) is 0 Å².